The van der Waals surface area contributed by atoms with Crippen molar-refractivity contribution in [2.24, 2.45) is 0 Å². The molecule has 1 amide bonds. The predicted octanol–water partition coefficient (Wildman–Crippen LogP) is 1.46. The molecule has 5 heteroatoms. The summed E-state index contributed by atoms with van der Waals surface area (Å²) in [5.74, 6) is 1.62. The first-order chi connectivity index (χ1) is 10.2. The number of likely N-dealkylation sites (tertiary alicyclic amines) is 1. The van der Waals surface area contributed by atoms with Crippen LogP contribution in [-0.2, 0) is 11.2 Å². The van der Waals surface area contributed by atoms with Crippen molar-refractivity contribution in [3.63, 3.8) is 0 Å². The summed E-state index contributed by atoms with van der Waals surface area (Å²) in [6.45, 7) is 1.69. The highest BCUT2D eigenvalue weighted by molar-refractivity contribution is 5.80. The molecule has 0 aliphatic carbocycles. The molecule has 1 aliphatic rings. The topological polar surface area (TPSA) is 50.8 Å². The van der Waals surface area contributed by atoms with Gasteiger partial charge in [0.05, 0.1) is 20.6 Å². The Balaban J connectivity index is 2.11. The fourth-order valence-electron chi connectivity index (χ4n) is 2.90. The number of hydrogen-bond donors (Lipinski definition) is 1. The lowest BCUT2D eigenvalue weighted by Gasteiger charge is -2.25. The monoisotopic (exact) mass is 292 g/mol. The Morgan fingerprint density at radius 3 is 2.86 bits per heavy atom. The Bertz CT molecular complexity index is 490. The molecule has 0 spiro atoms. The second-order valence-corrected chi connectivity index (χ2v) is 5.30. The van der Waals surface area contributed by atoms with Crippen molar-refractivity contribution in [1.82, 2.24) is 10.2 Å². The highest BCUT2D eigenvalue weighted by Gasteiger charge is 2.28. The van der Waals surface area contributed by atoms with Crippen LogP contribution in [0.3, 0.4) is 0 Å². The highest BCUT2D eigenvalue weighted by Crippen LogP contribution is 2.26. The lowest BCUT2D eigenvalue weighted by molar-refractivity contribution is -0.131. The molecule has 1 N–H and O–H groups in total. The number of nitrogens with one attached hydrogen (secondary N) is 1. The van der Waals surface area contributed by atoms with Crippen LogP contribution in [-0.4, -0.2) is 51.2 Å². The zero-order valence-electron chi connectivity index (χ0n) is 13.0. The number of carbonyl (C=O) groups is 1. The highest BCUT2D eigenvalue weighted by atomic mass is 16.5. The van der Waals surface area contributed by atoms with E-state index < -0.39 is 0 Å². The molecule has 0 bridgehead atoms. The molecule has 1 heterocycles. The number of nitrogens with zero attached hydrogens (tertiary/aromatic N) is 1. The van der Waals surface area contributed by atoms with E-state index >= 15 is 0 Å². The zero-order chi connectivity index (χ0) is 15.2. The van der Waals surface area contributed by atoms with Gasteiger partial charge in [-0.05, 0) is 38.1 Å². The quantitative estimate of drug-likeness (QED) is 0.862. The normalized spacial score (nSPS) is 17.9. The van der Waals surface area contributed by atoms with Gasteiger partial charge in [0.15, 0.2) is 0 Å². The van der Waals surface area contributed by atoms with E-state index in [9.17, 15) is 4.79 Å². The predicted molar refractivity (Wildman–Crippen MR) is 81.9 cm³/mol. The molecule has 0 saturated carbocycles. The summed E-state index contributed by atoms with van der Waals surface area (Å²) in [7, 11) is 5.17. The van der Waals surface area contributed by atoms with Crippen molar-refractivity contribution in [2.45, 2.75) is 25.3 Å². The molecule has 1 aromatic carbocycles. The Morgan fingerprint density at radius 2 is 2.19 bits per heavy atom. The number of rotatable bonds is 6. The van der Waals surface area contributed by atoms with Crippen molar-refractivity contribution >= 4 is 5.91 Å². The lowest BCUT2D eigenvalue weighted by Crippen LogP contribution is -2.41. The van der Waals surface area contributed by atoms with Gasteiger partial charge in [-0.1, -0.05) is 0 Å². The van der Waals surface area contributed by atoms with Crippen molar-refractivity contribution in [1.29, 1.82) is 0 Å². The Kier molecular flexibility index (Phi) is 5.44. The summed E-state index contributed by atoms with van der Waals surface area (Å²) in [5.41, 5.74) is 0.872. The van der Waals surface area contributed by atoms with Gasteiger partial charge in [0.25, 0.3) is 0 Å². The standard InChI is InChI=1S/C16H24N2O3/c1-17-11-13-5-4-8-18(13)16(19)10-12-9-14(20-2)6-7-15(12)21-3/h6-7,9,13,17H,4-5,8,10-11H2,1-3H3. The largest absolute Gasteiger partial charge is 0.497 e. The minimum atomic E-state index is 0.152. The van der Waals surface area contributed by atoms with E-state index in [1.54, 1.807) is 14.2 Å². The van der Waals surface area contributed by atoms with Gasteiger partial charge in [-0.25, -0.2) is 0 Å². The molecule has 1 unspecified atom stereocenters. The van der Waals surface area contributed by atoms with Crippen LogP contribution < -0.4 is 14.8 Å². The molecule has 1 atom stereocenters. The summed E-state index contributed by atoms with van der Waals surface area (Å²) < 4.78 is 10.6. The van der Waals surface area contributed by atoms with E-state index in [2.05, 4.69) is 5.32 Å². The first-order valence-electron chi connectivity index (χ1n) is 7.34. The zero-order valence-corrected chi connectivity index (χ0v) is 13.0. The molecule has 1 saturated heterocycles. The first kappa shape index (κ1) is 15.6. The molecule has 2 rings (SSSR count). The molecule has 116 valence electrons. The molecule has 1 aromatic rings. The Morgan fingerprint density at radius 1 is 1.38 bits per heavy atom. The molecular weight excluding hydrogens is 268 g/mol. The van der Waals surface area contributed by atoms with Crippen molar-refractivity contribution in [3.05, 3.63) is 23.8 Å². The maximum Gasteiger partial charge on any atom is 0.227 e. The van der Waals surface area contributed by atoms with Crippen LogP contribution in [0, 0.1) is 0 Å². The van der Waals surface area contributed by atoms with Gasteiger partial charge in [0, 0.05) is 24.7 Å². The van der Waals surface area contributed by atoms with Gasteiger partial charge in [0.1, 0.15) is 11.5 Å². The second kappa shape index (κ2) is 7.31. The molecule has 21 heavy (non-hydrogen) atoms. The van der Waals surface area contributed by atoms with Gasteiger partial charge in [0.2, 0.25) is 5.91 Å². The van der Waals surface area contributed by atoms with Crippen LogP contribution in [0.25, 0.3) is 0 Å². The number of likely N-dealkylation sites (N-methyl/N-ethyl adjacent to an activating group) is 1. The van der Waals surface area contributed by atoms with Gasteiger partial charge in [-0.2, -0.15) is 0 Å². The molecular formula is C16H24N2O3. The maximum absolute atomic E-state index is 12.6. The van der Waals surface area contributed by atoms with Crippen LogP contribution in [0.4, 0.5) is 0 Å². The summed E-state index contributed by atoms with van der Waals surface area (Å²) in [4.78, 5) is 14.6. The third-order valence-corrected chi connectivity index (χ3v) is 3.97. The van der Waals surface area contributed by atoms with Crippen LogP contribution >= 0.6 is 0 Å². The number of amides is 1. The number of benzene rings is 1. The maximum atomic E-state index is 12.6. The number of carbonyl (C=O) groups excluding carboxylic acids is 1. The van der Waals surface area contributed by atoms with Gasteiger partial charge in [-0.15, -0.1) is 0 Å². The molecule has 0 aromatic heterocycles. The van der Waals surface area contributed by atoms with Gasteiger partial charge < -0.3 is 19.7 Å². The summed E-state index contributed by atoms with van der Waals surface area (Å²) in [6, 6.07) is 5.86. The van der Waals surface area contributed by atoms with Crippen molar-refractivity contribution in [2.75, 3.05) is 34.4 Å². The second-order valence-electron chi connectivity index (χ2n) is 5.30. The summed E-state index contributed by atoms with van der Waals surface area (Å²) in [5, 5.41) is 3.16. The van der Waals surface area contributed by atoms with Crippen LogP contribution in [0.1, 0.15) is 18.4 Å². The first-order valence-corrected chi connectivity index (χ1v) is 7.34. The third kappa shape index (κ3) is 3.67. The Hall–Kier alpha value is -1.75. The van der Waals surface area contributed by atoms with E-state index in [1.165, 1.54) is 0 Å². The SMILES string of the molecule is CNCC1CCCN1C(=O)Cc1cc(OC)ccc1OC. The fraction of sp³-hybridized carbons (Fsp3) is 0.562. The van der Waals surface area contributed by atoms with Crippen LogP contribution in [0.15, 0.2) is 18.2 Å². The van der Waals surface area contributed by atoms with Crippen molar-refractivity contribution < 1.29 is 14.3 Å². The van der Waals surface area contributed by atoms with E-state index in [0.717, 1.165) is 43.0 Å². The average Bonchev–Trinajstić information content (AvgIpc) is 2.96. The van der Waals surface area contributed by atoms with E-state index in [4.69, 9.17) is 9.47 Å². The minimum absolute atomic E-state index is 0.152. The minimum Gasteiger partial charge on any atom is -0.497 e. The van der Waals surface area contributed by atoms with E-state index in [1.807, 2.05) is 30.1 Å². The smallest absolute Gasteiger partial charge is 0.227 e. The Labute approximate surface area is 126 Å². The lowest BCUT2D eigenvalue weighted by atomic mass is 10.1. The average molecular weight is 292 g/mol. The van der Waals surface area contributed by atoms with Gasteiger partial charge in [-0.3, -0.25) is 4.79 Å². The van der Waals surface area contributed by atoms with Gasteiger partial charge >= 0.3 is 0 Å². The number of hydrogen-bond acceptors (Lipinski definition) is 4. The van der Waals surface area contributed by atoms with E-state index in [-0.39, 0.29) is 5.91 Å². The number of methoxy groups -OCH3 is 2. The summed E-state index contributed by atoms with van der Waals surface area (Å²) >= 11 is 0. The molecule has 5 nitrogen and oxygen atoms in total. The summed E-state index contributed by atoms with van der Waals surface area (Å²) in [6.07, 6.45) is 2.50. The third-order valence-electron chi connectivity index (χ3n) is 3.97. The molecule has 0 radical (unpaired) electrons. The van der Waals surface area contributed by atoms with Crippen LogP contribution in [0.2, 0.25) is 0 Å². The number of ether oxygens (including phenoxy) is 2. The van der Waals surface area contributed by atoms with E-state index in [0.29, 0.717) is 12.5 Å². The van der Waals surface area contributed by atoms with Crippen molar-refractivity contribution in [3.8, 4) is 11.5 Å². The van der Waals surface area contributed by atoms with Crippen LogP contribution in [0.5, 0.6) is 11.5 Å². The fourth-order valence-corrected chi connectivity index (χ4v) is 2.90. The molecule has 1 aliphatic heterocycles. The molecule has 1 fully saturated rings.